The van der Waals surface area contributed by atoms with E-state index in [1.165, 1.54) is 61.8 Å². The standard InChI is InChI=1S/C20H17ClN4O5S/c1-13(30-20(27)14-9-11-22-17(21)12-14)19(26)24-15-5-7-16(8-6-15)31(28,29)25-18-4-2-3-10-23-18/h2-13H,1H3,(H,23,25)(H,24,26). The summed E-state index contributed by atoms with van der Waals surface area (Å²) in [5.41, 5.74) is 0.492. The molecule has 1 unspecified atom stereocenters. The molecule has 0 spiro atoms. The second-order valence-corrected chi connectivity index (χ2v) is 8.32. The Morgan fingerprint density at radius 3 is 2.42 bits per heavy atom. The Labute approximate surface area is 183 Å². The third-order valence-electron chi connectivity index (χ3n) is 3.95. The van der Waals surface area contributed by atoms with Crippen molar-refractivity contribution in [2.75, 3.05) is 10.0 Å². The fraction of sp³-hybridized carbons (Fsp3) is 0.100. The average Bonchev–Trinajstić information content (AvgIpc) is 2.74. The molecule has 3 rings (SSSR count). The van der Waals surface area contributed by atoms with Crippen molar-refractivity contribution in [3.8, 4) is 0 Å². The van der Waals surface area contributed by atoms with Gasteiger partial charge in [0.05, 0.1) is 10.5 Å². The van der Waals surface area contributed by atoms with Gasteiger partial charge in [0, 0.05) is 18.1 Å². The first kappa shape index (κ1) is 22.2. The molecule has 9 nitrogen and oxygen atoms in total. The number of nitrogens with one attached hydrogen (secondary N) is 2. The topological polar surface area (TPSA) is 127 Å². The van der Waals surface area contributed by atoms with Crippen molar-refractivity contribution in [1.29, 1.82) is 0 Å². The van der Waals surface area contributed by atoms with E-state index in [1.807, 2.05) is 0 Å². The van der Waals surface area contributed by atoms with Gasteiger partial charge in [-0.1, -0.05) is 17.7 Å². The number of anilines is 2. The SMILES string of the molecule is CC(OC(=O)c1ccnc(Cl)c1)C(=O)Nc1ccc(S(=O)(=O)Nc2ccccn2)cc1. The first-order chi connectivity index (χ1) is 14.7. The van der Waals surface area contributed by atoms with Crippen molar-refractivity contribution < 1.29 is 22.7 Å². The molecule has 0 fully saturated rings. The molecule has 1 aromatic carbocycles. The van der Waals surface area contributed by atoms with Gasteiger partial charge < -0.3 is 10.1 Å². The van der Waals surface area contributed by atoms with Crippen LogP contribution in [0.15, 0.2) is 71.9 Å². The number of hydrogen-bond acceptors (Lipinski definition) is 7. The molecule has 3 aromatic rings. The molecule has 1 atom stereocenters. The van der Waals surface area contributed by atoms with Gasteiger partial charge in [-0.15, -0.1) is 0 Å². The number of rotatable bonds is 7. The van der Waals surface area contributed by atoms with Crippen LogP contribution in [0.2, 0.25) is 5.15 Å². The Balaban J connectivity index is 1.61. The van der Waals surface area contributed by atoms with E-state index < -0.39 is 28.0 Å². The quantitative estimate of drug-likeness (QED) is 0.409. The molecule has 0 bridgehead atoms. The van der Waals surface area contributed by atoms with Crippen molar-refractivity contribution in [3.05, 3.63) is 77.7 Å². The molecule has 2 heterocycles. The van der Waals surface area contributed by atoms with Crippen LogP contribution in [0.3, 0.4) is 0 Å². The zero-order chi connectivity index (χ0) is 22.4. The summed E-state index contributed by atoms with van der Waals surface area (Å²) in [7, 11) is -3.84. The third kappa shape index (κ3) is 6.00. The number of pyridine rings is 2. The van der Waals surface area contributed by atoms with Crippen LogP contribution < -0.4 is 10.0 Å². The smallest absolute Gasteiger partial charge is 0.339 e. The van der Waals surface area contributed by atoms with Gasteiger partial charge in [-0.2, -0.15) is 0 Å². The molecule has 0 saturated carbocycles. The molecular formula is C20H17ClN4O5S. The van der Waals surface area contributed by atoms with Crippen LogP contribution in [0, 0.1) is 0 Å². The number of hydrogen-bond donors (Lipinski definition) is 2. The van der Waals surface area contributed by atoms with Gasteiger partial charge >= 0.3 is 5.97 Å². The summed E-state index contributed by atoms with van der Waals surface area (Å²) >= 11 is 5.74. The lowest BCUT2D eigenvalue weighted by Gasteiger charge is -2.14. The van der Waals surface area contributed by atoms with E-state index in [1.54, 1.807) is 12.1 Å². The van der Waals surface area contributed by atoms with Crippen molar-refractivity contribution in [3.63, 3.8) is 0 Å². The highest BCUT2D eigenvalue weighted by molar-refractivity contribution is 7.92. The van der Waals surface area contributed by atoms with Gasteiger partial charge in [0.25, 0.3) is 15.9 Å². The largest absolute Gasteiger partial charge is 0.449 e. The Kier molecular flexibility index (Phi) is 6.83. The number of amides is 1. The highest BCUT2D eigenvalue weighted by Crippen LogP contribution is 2.17. The van der Waals surface area contributed by atoms with Gasteiger partial charge in [0.2, 0.25) is 0 Å². The molecular weight excluding hydrogens is 444 g/mol. The summed E-state index contributed by atoms with van der Waals surface area (Å²) in [6, 6.07) is 13.1. The highest BCUT2D eigenvalue weighted by Gasteiger charge is 2.20. The lowest BCUT2D eigenvalue weighted by molar-refractivity contribution is -0.123. The summed E-state index contributed by atoms with van der Waals surface area (Å²) in [5.74, 6) is -1.13. The Bertz CT molecular complexity index is 1190. The Morgan fingerprint density at radius 2 is 1.77 bits per heavy atom. The number of ether oxygens (including phenoxy) is 1. The maximum absolute atomic E-state index is 12.4. The number of esters is 1. The summed E-state index contributed by atoms with van der Waals surface area (Å²) in [4.78, 5) is 32.1. The van der Waals surface area contributed by atoms with Crippen molar-refractivity contribution >= 4 is 45.0 Å². The zero-order valence-electron chi connectivity index (χ0n) is 16.2. The fourth-order valence-electron chi connectivity index (χ4n) is 2.39. The van der Waals surface area contributed by atoms with Gasteiger partial charge in [-0.3, -0.25) is 9.52 Å². The van der Waals surface area contributed by atoms with E-state index >= 15 is 0 Å². The number of carbonyl (C=O) groups excluding carboxylic acids is 2. The number of carbonyl (C=O) groups is 2. The molecule has 2 N–H and O–H groups in total. The highest BCUT2D eigenvalue weighted by atomic mass is 35.5. The van der Waals surface area contributed by atoms with Crippen molar-refractivity contribution in [1.82, 2.24) is 9.97 Å². The van der Waals surface area contributed by atoms with E-state index in [-0.39, 0.29) is 21.4 Å². The second-order valence-electron chi connectivity index (χ2n) is 6.25. The maximum Gasteiger partial charge on any atom is 0.339 e. The average molecular weight is 461 g/mol. The van der Waals surface area contributed by atoms with E-state index in [4.69, 9.17) is 16.3 Å². The van der Waals surface area contributed by atoms with Crippen LogP contribution in [0.1, 0.15) is 17.3 Å². The number of sulfonamides is 1. The minimum absolute atomic E-state index is 0.00908. The molecule has 0 saturated heterocycles. The Hall–Kier alpha value is -3.50. The number of halogens is 1. The van der Waals surface area contributed by atoms with Crippen LogP contribution in [0.4, 0.5) is 11.5 Å². The number of nitrogens with zero attached hydrogens (tertiary/aromatic N) is 2. The molecule has 160 valence electrons. The van der Waals surface area contributed by atoms with Crippen LogP contribution in [0.25, 0.3) is 0 Å². The molecule has 0 aliphatic carbocycles. The lowest BCUT2D eigenvalue weighted by Crippen LogP contribution is -2.30. The second kappa shape index (κ2) is 9.54. The van der Waals surface area contributed by atoms with Crippen LogP contribution in [0.5, 0.6) is 0 Å². The van der Waals surface area contributed by atoms with Crippen molar-refractivity contribution in [2.24, 2.45) is 0 Å². The lowest BCUT2D eigenvalue weighted by atomic mass is 10.2. The Morgan fingerprint density at radius 1 is 1.03 bits per heavy atom. The first-order valence-corrected chi connectivity index (χ1v) is 10.8. The van der Waals surface area contributed by atoms with E-state index in [9.17, 15) is 18.0 Å². The monoisotopic (exact) mass is 460 g/mol. The van der Waals surface area contributed by atoms with Gasteiger partial charge in [-0.05, 0) is 55.5 Å². The number of benzene rings is 1. The minimum Gasteiger partial charge on any atom is -0.449 e. The van der Waals surface area contributed by atoms with E-state index in [0.717, 1.165) is 0 Å². The van der Waals surface area contributed by atoms with Gasteiger partial charge in [-0.25, -0.2) is 23.2 Å². The summed E-state index contributed by atoms with van der Waals surface area (Å²) in [6.07, 6.45) is 1.71. The van der Waals surface area contributed by atoms with E-state index in [0.29, 0.717) is 5.69 Å². The predicted molar refractivity (Wildman–Crippen MR) is 114 cm³/mol. The van der Waals surface area contributed by atoms with Crippen LogP contribution in [-0.4, -0.2) is 36.4 Å². The van der Waals surface area contributed by atoms with Crippen LogP contribution >= 0.6 is 11.6 Å². The molecule has 1 amide bonds. The summed E-state index contributed by atoms with van der Waals surface area (Å²) in [6.45, 7) is 1.41. The molecule has 0 radical (unpaired) electrons. The van der Waals surface area contributed by atoms with E-state index in [2.05, 4.69) is 20.0 Å². The summed E-state index contributed by atoms with van der Waals surface area (Å²) in [5, 5.41) is 2.68. The molecule has 0 aliphatic rings. The predicted octanol–water partition coefficient (Wildman–Crippen LogP) is 3.11. The molecule has 31 heavy (non-hydrogen) atoms. The zero-order valence-corrected chi connectivity index (χ0v) is 17.7. The summed E-state index contributed by atoms with van der Waals surface area (Å²) < 4.78 is 32.3. The third-order valence-corrected chi connectivity index (χ3v) is 5.53. The van der Waals surface area contributed by atoms with Gasteiger partial charge in [0.1, 0.15) is 11.0 Å². The molecule has 11 heteroatoms. The number of aromatic nitrogens is 2. The fourth-order valence-corrected chi connectivity index (χ4v) is 3.57. The van der Waals surface area contributed by atoms with Crippen molar-refractivity contribution in [2.45, 2.75) is 17.9 Å². The maximum atomic E-state index is 12.4. The molecule has 0 aliphatic heterocycles. The van der Waals surface area contributed by atoms with Gasteiger partial charge in [0.15, 0.2) is 6.10 Å². The molecule has 2 aromatic heterocycles. The minimum atomic E-state index is -3.84. The normalized spacial score (nSPS) is 11.9. The van der Waals surface area contributed by atoms with Crippen LogP contribution in [-0.2, 0) is 19.6 Å². The first-order valence-electron chi connectivity index (χ1n) is 8.92.